The SMILES string of the molecule is CC(C)c1ccc(NC(=O)CN(C)Cc2cnn(C)c2)cc1. The van der Waals surface area contributed by atoms with Crippen LogP contribution in [0.25, 0.3) is 0 Å². The Kier molecular flexibility index (Phi) is 5.33. The number of carbonyl (C=O) groups is 1. The van der Waals surface area contributed by atoms with E-state index < -0.39 is 0 Å². The van der Waals surface area contributed by atoms with E-state index in [4.69, 9.17) is 0 Å². The van der Waals surface area contributed by atoms with Crippen molar-refractivity contribution in [3.63, 3.8) is 0 Å². The molecule has 0 saturated carbocycles. The Balaban J connectivity index is 1.84. The van der Waals surface area contributed by atoms with E-state index in [1.165, 1.54) is 5.56 Å². The highest BCUT2D eigenvalue weighted by molar-refractivity contribution is 5.92. The van der Waals surface area contributed by atoms with Gasteiger partial charge in [0.1, 0.15) is 0 Å². The van der Waals surface area contributed by atoms with Crippen molar-refractivity contribution >= 4 is 11.6 Å². The molecule has 0 bridgehead atoms. The van der Waals surface area contributed by atoms with E-state index in [1.807, 2.05) is 43.5 Å². The smallest absolute Gasteiger partial charge is 0.238 e. The monoisotopic (exact) mass is 300 g/mol. The van der Waals surface area contributed by atoms with Crippen LogP contribution in [0, 0.1) is 0 Å². The van der Waals surface area contributed by atoms with Gasteiger partial charge in [0.05, 0.1) is 12.7 Å². The first kappa shape index (κ1) is 16.2. The third-order valence-electron chi connectivity index (χ3n) is 3.49. The molecule has 1 amide bonds. The molecule has 1 aromatic heterocycles. The first-order chi connectivity index (χ1) is 10.4. The minimum absolute atomic E-state index is 0.0105. The molecule has 1 heterocycles. The average Bonchev–Trinajstić information content (AvgIpc) is 2.84. The van der Waals surface area contributed by atoms with E-state index in [-0.39, 0.29) is 5.91 Å². The summed E-state index contributed by atoms with van der Waals surface area (Å²) >= 11 is 0. The molecule has 2 aromatic rings. The number of aromatic nitrogens is 2. The molecule has 1 aromatic carbocycles. The van der Waals surface area contributed by atoms with Gasteiger partial charge in [-0.15, -0.1) is 0 Å². The van der Waals surface area contributed by atoms with E-state index in [0.717, 1.165) is 11.3 Å². The van der Waals surface area contributed by atoms with Gasteiger partial charge in [-0.05, 0) is 30.7 Å². The van der Waals surface area contributed by atoms with E-state index in [9.17, 15) is 4.79 Å². The zero-order chi connectivity index (χ0) is 16.1. The van der Waals surface area contributed by atoms with E-state index >= 15 is 0 Å². The van der Waals surface area contributed by atoms with Crippen molar-refractivity contribution in [1.82, 2.24) is 14.7 Å². The Morgan fingerprint density at radius 3 is 2.55 bits per heavy atom. The fourth-order valence-electron chi connectivity index (χ4n) is 2.32. The van der Waals surface area contributed by atoms with Gasteiger partial charge in [0.2, 0.25) is 5.91 Å². The summed E-state index contributed by atoms with van der Waals surface area (Å²) in [6, 6.07) is 8.02. The van der Waals surface area contributed by atoms with Crippen LogP contribution in [0.1, 0.15) is 30.9 Å². The minimum atomic E-state index is -0.0105. The zero-order valence-electron chi connectivity index (χ0n) is 13.7. The van der Waals surface area contributed by atoms with E-state index in [1.54, 1.807) is 4.68 Å². The lowest BCUT2D eigenvalue weighted by molar-refractivity contribution is -0.117. The first-order valence-electron chi connectivity index (χ1n) is 7.50. The van der Waals surface area contributed by atoms with Gasteiger partial charge in [-0.1, -0.05) is 26.0 Å². The number of nitrogens with one attached hydrogen (secondary N) is 1. The molecule has 0 unspecified atom stereocenters. The van der Waals surface area contributed by atoms with Crippen molar-refractivity contribution < 1.29 is 4.79 Å². The third kappa shape index (κ3) is 4.70. The molecule has 0 aliphatic rings. The molecule has 2 rings (SSSR count). The maximum atomic E-state index is 12.1. The number of aryl methyl sites for hydroxylation is 1. The maximum Gasteiger partial charge on any atom is 0.238 e. The van der Waals surface area contributed by atoms with Gasteiger partial charge < -0.3 is 5.32 Å². The number of hydrogen-bond donors (Lipinski definition) is 1. The van der Waals surface area contributed by atoms with Crippen LogP contribution in [0.4, 0.5) is 5.69 Å². The largest absolute Gasteiger partial charge is 0.325 e. The number of amides is 1. The van der Waals surface area contributed by atoms with Crippen molar-refractivity contribution in [2.24, 2.45) is 7.05 Å². The molecular formula is C17H24N4O. The molecule has 5 nitrogen and oxygen atoms in total. The first-order valence-corrected chi connectivity index (χ1v) is 7.50. The summed E-state index contributed by atoms with van der Waals surface area (Å²) in [4.78, 5) is 14.0. The Morgan fingerprint density at radius 1 is 1.32 bits per heavy atom. The van der Waals surface area contributed by atoms with Gasteiger partial charge in [0.25, 0.3) is 0 Å². The number of hydrogen-bond acceptors (Lipinski definition) is 3. The van der Waals surface area contributed by atoms with Gasteiger partial charge in [0.15, 0.2) is 0 Å². The molecule has 0 fully saturated rings. The predicted molar refractivity (Wildman–Crippen MR) is 88.7 cm³/mol. The van der Waals surface area contributed by atoms with Crippen LogP contribution in [0.3, 0.4) is 0 Å². The topological polar surface area (TPSA) is 50.2 Å². The number of benzene rings is 1. The number of anilines is 1. The second-order valence-electron chi connectivity index (χ2n) is 6.02. The summed E-state index contributed by atoms with van der Waals surface area (Å²) in [5, 5.41) is 7.06. The highest BCUT2D eigenvalue weighted by Crippen LogP contribution is 2.17. The van der Waals surface area contributed by atoms with Crippen molar-refractivity contribution in [3.05, 3.63) is 47.8 Å². The van der Waals surface area contributed by atoms with Crippen LogP contribution in [0.15, 0.2) is 36.7 Å². The van der Waals surface area contributed by atoms with Crippen LogP contribution < -0.4 is 5.32 Å². The molecule has 0 radical (unpaired) electrons. The van der Waals surface area contributed by atoms with E-state index in [2.05, 4.69) is 36.4 Å². The number of carbonyl (C=O) groups excluding carboxylic acids is 1. The molecule has 5 heteroatoms. The van der Waals surface area contributed by atoms with Crippen molar-refractivity contribution in [3.8, 4) is 0 Å². The van der Waals surface area contributed by atoms with Gasteiger partial charge >= 0.3 is 0 Å². The van der Waals surface area contributed by atoms with Gasteiger partial charge in [-0.3, -0.25) is 14.4 Å². The second kappa shape index (κ2) is 7.22. The highest BCUT2D eigenvalue weighted by Gasteiger charge is 2.09. The summed E-state index contributed by atoms with van der Waals surface area (Å²) in [5.74, 6) is 0.485. The molecule has 1 N–H and O–H groups in total. The number of rotatable bonds is 6. The summed E-state index contributed by atoms with van der Waals surface area (Å²) in [7, 11) is 3.81. The molecule has 0 atom stereocenters. The molecule has 0 aliphatic carbocycles. The normalized spacial score (nSPS) is 11.2. The Morgan fingerprint density at radius 2 is 2.00 bits per heavy atom. The van der Waals surface area contributed by atoms with Crippen LogP contribution >= 0.6 is 0 Å². The Hall–Kier alpha value is -2.14. The quantitative estimate of drug-likeness (QED) is 0.892. The summed E-state index contributed by atoms with van der Waals surface area (Å²) in [6.45, 7) is 5.36. The Bertz CT molecular complexity index is 616. The fraction of sp³-hybridized carbons (Fsp3) is 0.412. The highest BCUT2D eigenvalue weighted by atomic mass is 16.2. The van der Waals surface area contributed by atoms with Crippen molar-refractivity contribution in [2.75, 3.05) is 18.9 Å². The van der Waals surface area contributed by atoms with Crippen LogP contribution in [-0.2, 0) is 18.4 Å². The standard InChI is InChI=1S/C17H24N4O/c1-13(2)15-5-7-16(8-6-15)19-17(22)12-20(3)10-14-9-18-21(4)11-14/h5-9,11,13H,10,12H2,1-4H3,(H,19,22). The van der Waals surface area contributed by atoms with Gasteiger partial charge in [-0.25, -0.2) is 0 Å². The minimum Gasteiger partial charge on any atom is -0.325 e. The molecule has 22 heavy (non-hydrogen) atoms. The molecule has 0 spiro atoms. The predicted octanol–water partition coefficient (Wildman–Crippen LogP) is 2.61. The van der Waals surface area contributed by atoms with Crippen molar-refractivity contribution in [1.29, 1.82) is 0 Å². The Labute approximate surface area is 131 Å². The molecular weight excluding hydrogens is 276 g/mol. The maximum absolute atomic E-state index is 12.1. The summed E-state index contributed by atoms with van der Waals surface area (Å²) in [5.41, 5.74) is 3.20. The number of nitrogens with zero attached hydrogens (tertiary/aromatic N) is 3. The lowest BCUT2D eigenvalue weighted by Crippen LogP contribution is -2.29. The van der Waals surface area contributed by atoms with Crippen LogP contribution in [-0.4, -0.2) is 34.2 Å². The lowest BCUT2D eigenvalue weighted by Gasteiger charge is -2.15. The van der Waals surface area contributed by atoms with E-state index in [0.29, 0.717) is 19.0 Å². The lowest BCUT2D eigenvalue weighted by atomic mass is 10.0. The fourth-order valence-corrected chi connectivity index (χ4v) is 2.32. The zero-order valence-corrected chi connectivity index (χ0v) is 13.7. The van der Waals surface area contributed by atoms with Crippen molar-refractivity contribution in [2.45, 2.75) is 26.3 Å². The third-order valence-corrected chi connectivity index (χ3v) is 3.49. The summed E-state index contributed by atoms with van der Waals surface area (Å²) < 4.78 is 1.76. The van der Waals surface area contributed by atoms with Gasteiger partial charge in [-0.2, -0.15) is 5.10 Å². The summed E-state index contributed by atoms with van der Waals surface area (Å²) in [6.07, 6.45) is 3.78. The molecule has 0 saturated heterocycles. The molecule has 0 aliphatic heterocycles. The average molecular weight is 300 g/mol. The van der Waals surface area contributed by atoms with Crippen LogP contribution in [0.5, 0.6) is 0 Å². The van der Waals surface area contributed by atoms with Crippen LogP contribution in [0.2, 0.25) is 0 Å². The molecule has 118 valence electrons. The second-order valence-corrected chi connectivity index (χ2v) is 6.02. The van der Waals surface area contributed by atoms with Gasteiger partial charge in [0, 0.05) is 31.0 Å². The number of likely N-dealkylation sites (N-methyl/N-ethyl adjacent to an activating group) is 1.